The molecular weight excluding hydrogens is 449 g/mol. The van der Waals surface area contributed by atoms with Crippen LogP contribution in [0.15, 0.2) is 41.5 Å². The van der Waals surface area contributed by atoms with Gasteiger partial charge in [0.25, 0.3) is 0 Å². The van der Waals surface area contributed by atoms with E-state index in [4.69, 9.17) is 4.99 Å². The summed E-state index contributed by atoms with van der Waals surface area (Å²) in [6, 6.07) is 10.8. The lowest BCUT2D eigenvalue weighted by Gasteiger charge is -2.32. The summed E-state index contributed by atoms with van der Waals surface area (Å²) in [5, 5.41) is 8.21. The van der Waals surface area contributed by atoms with E-state index in [1.807, 2.05) is 12.3 Å². The van der Waals surface area contributed by atoms with Gasteiger partial charge >= 0.3 is 0 Å². The van der Waals surface area contributed by atoms with E-state index in [1.54, 1.807) is 0 Å². The van der Waals surface area contributed by atoms with Gasteiger partial charge in [-0.1, -0.05) is 25.1 Å². The zero-order valence-corrected chi connectivity index (χ0v) is 18.8. The zero-order chi connectivity index (χ0) is 18.2. The van der Waals surface area contributed by atoms with Crippen LogP contribution in [0.3, 0.4) is 0 Å². The normalized spacial score (nSPS) is 16.1. The lowest BCUT2D eigenvalue weighted by molar-refractivity contribution is 0.206. The molecule has 1 aromatic heterocycles. The summed E-state index contributed by atoms with van der Waals surface area (Å²) in [4.78, 5) is 11.8. The average Bonchev–Trinajstić information content (AvgIpc) is 2.68. The molecule has 1 aliphatic heterocycles. The number of hydrogen-bond acceptors (Lipinski definition) is 3. The first-order valence-electron chi connectivity index (χ1n) is 9.90. The summed E-state index contributed by atoms with van der Waals surface area (Å²) >= 11 is 0. The van der Waals surface area contributed by atoms with E-state index in [1.165, 1.54) is 49.8 Å². The van der Waals surface area contributed by atoms with Crippen molar-refractivity contribution in [2.75, 3.05) is 26.2 Å². The first kappa shape index (κ1) is 21.9. The molecule has 1 saturated heterocycles. The number of aliphatic imine (C=N–C) groups is 1. The van der Waals surface area contributed by atoms with Gasteiger partial charge in [0.15, 0.2) is 5.96 Å². The van der Waals surface area contributed by atoms with Gasteiger partial charge in [0, 0.05) is 37.3 Å². The third-order valence-electron chi connectivity index (χ3n) is 4.96. The maximum Gasteiger partial charge on any atom is 0.191 e. The molecule has 0 saturated carbocycles. The summed E-state index contributed by atoms with van der Waals surface area (Å²) in [5.74, 6) is 0.919. The molecule has 0 atom stereocenters. The molecule has 2 aromatic rings. The first-order chi connectivity index (χ1) is 12.8. The number of likely N-dealkylation sites (tertiary alicyclic amines) is 1. The number of fused-ring (bicyclic) bond motifs is 1. The smallest absolute Gasteiger partial charge is 0.191 e. The van der Waals surface area contributed by atoms with Gasteiger partial charge in [-0.25, -0.2) is 4.99 Å². The predicted octanol–water partition coefficient (Wildman–Crippen LogP) is 3.78. The highest BCUT2D eigenvalue weighted by Crippen LogP contribution is 2.17. The van der Waals surface area contributed by atoms with E-state index in [-0.39, 0.29) is 24.0 Å². The Bertz CT molecular complexity index is 720. The number of rotatable bonds is 6. The van der Waals surface area contributed by atoms with Crippen LogP contribution in [0.1, 0.15) is 38.7 Å². The molecule has 0 unspecified atom stereocenters. The number of aromatic nitrogens is 1. The van der Waals surface area contributed by atoms with Crippen LogP contribution in [-0.4, -0.2) is 48.1 Å². The van der Waals surface area contributed by atoms with Crippen molar-refractivity contribution in [1.29, 1.82) is 0 Å². The second-order valence-electron chi connectivity index (χ2n) is 6.94. The quantitative estimate of drug-likeness (QED) is 0.375. The van der Waals surface area contributed by atoms with Crippen LogP contribution in [-0.2, 0) is 6.54 Å². The fraction of sp³-hybridized carbons (Fsp3) is 0.524. The first-order valence-corrected chi connectivity index (χ1v) is 9.90. The third kappa shape index (κ3) is 6.31. The number of halogens is 1. The Kier molecular flexibility index (Phi) is 9.27. The van der Waals surface area contributed by atoms with Crippen molar-refractivity contribution in [2.24, 2.45) is 4.99 Å². The summed E-state index contributed by atoms with van der Waals surface area (Å²) < 4.78 is 0. The fourth-order valence-corrected chi connectivity index (χ4v) is 3.59. The van der Waals surface area contributed by atoms with Gasteiger partial charge in [-0.15, -0.1) is 24.0 Å². The molecule has 5 nitrogen and oxygen atoms in total. The molecule has 0 radical (unpaired) electrons. The van der Waals surface area contributed by atoms with E-state index >= 15 is 0 Å². The molecule has 3 rings (SSSR count). The SMILES string of the molecule is CCCN1CCC(NC(=NCc2ccnc3ccccc23)NCC)CC1.I. The van der Waals surface area contributed by atoms with Crippen molar-refractivity contribution in [3.05, 3.63) is 42.1 Å². The zero-order valence-electron chi connectivity index (χ0n) is 16.4. The maximum atomic E-state index is 4.84. The number of pyridine rings is 1. The van der Waals surface area contributed by atoms with Crippen LogP contribution in [0.4, 0.5) is 0 Å². The molecule has 6 heteroatoms. The molecule has 1 aliphatic rings. The van der Waals surface area contributed by atoms with Gasteiger partial charge in [-0.2, -0.15) is 0 Å². The largest absolute Gasteiger partial charge is 0.357 e. The highest BCUT2D eigenvalue weighted by Gasteiger charge is 2.19. The topological polar surface area (TPSA) is 52.5 Å². The molecule has 0 bridgehead atoms. The Morgan fingerprint density at radius 1 is 1.19 bits per heavy atom. The molecule has 148 valence electrons. The number of hydrogen-bond donors (Lipinski definition) is 2. The van der Waals surface area contributed by atoms with Gasteiger partial charge < -0.3 is 15.5 Å². The number of para-hydroxylation sites is 1. The van der Waals surface area contributed by atoms with Crippen molar-refractivity contribution in [2.45, 2.75) is 45.7 Å². The van der Waals surface area contributed by atoms with Crippen LogP contribution in [0, 0.1) is 0 Å². The number of nitrogens with one attached hydrogen (secondary N) is 2. The number of nitrogens with zero attached hydrogens (tertiary/aromatic N) is 3. The monoisotopic (exact) mass is 481 g/mol. The molecule has 1 fully saturated rings. The average molecular weight is 481 g/mol. The van der Waals surface area contributed by atoms with Gasteiger partial charge in [-0.3, -0.25) is 4.98 Å². The van der Waals surface area contributed by atoms with Crippen molar-refractivity contribution in [3.8, 4) is 0 Å². The third-order valence-corrected chi connectivity index (χ3v) is 4.96. The molecule has 1 aromatic carbocycles. The predicted molar refractivity (Wildman–Crippen MR) is 125 cm³/mol. The Labute approximate surface area is 180 Å². The van der Waals surface area contributed by atoms with Crippen LogP contribution in [0.25, 0.3) is 10.9 Å². The molecule has 2 N–H and O–H groups in total. The summed E-state index contributed by atoms with van der Waals surface area (Å²) in [5.41, 5.74) is 2.24. The van der Waals surface area contributed by atoms with E-state index < -0.39 is 0 Å². The van der Waals surface area contributed by atoms with Gasteiger partial charge in [-0.05, 0) is 50.4 Å². The molecule has 27 heavy (non-hydrogen) atoms. The molecule has 0 aliphatic carbocycles. The van der Waals surface area contributed by atoms with Crippen LogP contribution >= 0.6 is 24.0 Å². The summed E-state index contributed by atoms with van der Waals surface area (Å²) in [6.07, 6.45) is 5.48. The van der Waals surface area contributed by atoms with Crippen LogP contribution in [0.2, 0.25) is 0 Å². The lowest BCUT2D eigenvalue weighted by Crippen LogP contribution is -2.48. The summed E-state index contributed by atoms with van der Waals surface area (Å²) in [6.45, 7) is 9.48. The minimum atomic E-state index is 0. The van der Waals surface area contributed by atoms with Gasteiger partial charge in [0.1, 0.15) is 0 Å². The number of guanidine groups is 1. The van der Waals surface area contributed by atoms with Gasteiger partial charge in [0.2, 0.25) is 0 Å². The van der Waals surface area contributed by atoms with E-state index in [0.717, 1.165) is 18.0 Å². The van der Waals surface area contributed by atoms with Crippen LogP contribution in [0.5, 0.6) is 0 Å². The highest BCUT2D eigenvalue weighted by molar-refractivity contribution is 14.0. The molecule has 0 amide bonds. The van der Waals surface area contributed by atoms with Crippen molar-refractivity contribution in [1.82, 2.24) is 20.5 Å². The van der Waals surface area contributed by atoms with Crippen molar-refractivity contribution < 1.29 is 0 Å². The van der Waals surface area contributed by atoms with Gasteiger partial charge in [0.05, 0.1) is 12.1 Å². The van der Waals surface area contributed by atoms with E-state index in [2.05, 4.69) is 58.6 Å². The fourth-order valence-electron chi connectivity index (χ4n) is 3.59. The second kappa shape index (κ2) is 11.4. The maximum absolute atomic E-state index is 4.84. The standard InChI is InChI=1S/C21H31N5.HI/c1-3-13-26-14-10-18(11-15-26)25-21(22-4-2)24-16-17-9-12-23-20-8-6-5-7-19(17)20;/h5-9,12,18H,3-4,10-11,13-16H2,1-2H3,(H2,22,24,25);1H. The Hall–Kier alpha value is -1.41. The highest BCUT2D eigenvalue weighted by atomic mass is 127. The van der Waals surface area contributed by atoms with Crippen LogP contribution < -0.4 is 10.6 Å². The van der Waals surface area contributed by atoms with E-state index in [0.29, 0.717) is 12.6 Å². The number of benzene rings is 1. The minimum absolute atomic E-state index is 0. The lowest BCUT2D eigenvalue weighted by atomic mass is 10.1. The Morgan fingerprint density at radius 2 is 1.96 bits per heavy atom. The Morgan fingerprint density at radius 3 is 2.70 bits per heavy atom. The molecule has 0 spiro atoms. The number of piperidine rings is 1. The molecular formula is C21H32IN5. The summed E-state index contributed by atoms with van der Waals surface area (Å²) in [7, 11) is 0. The molecule has 2 heterocycles. The second-order valence-corrected chi connectivity index (χ2v) is 6.94. The van der Waals surface area contributed by atoms with E-state index in [9.17, 15) is 0 Å². The van der Waals surface area contributed by atoms with Crippen molar-refractivity contribution >= 4 is 40.8 Å². The Balaban J connectivity index is 0.00000261. The van der Waals surface area contributed by atoms with Crippen molar-refractivity contribution in [3.63, 3.8) is 0 Å². The minimum Gasteiger partial charge on any atom is -0.357 e.